The Hall–Kier alpha value is -0.730. The molecule has 1 aliphatic rings. The van der Waals surface area contributed by atoms with E-state index < -0.39 is 0 Å². The fourth-order valence-corrected chi connectivity index (χ4v) is 1.28. The standard InChI is InChI=1S/C7H15N3/c1-6-3-4-10(5-6)7(8)9-2/h6H,3-5H2,1-2H3,(H2,8,9). The van der Waals surface area contributed by atoms with Crippen molar-refractivity contribution >= 4 is 5.96 Å². The summed E-state index contributed by atoms with van der Waals surface area (Å²) < 4.78 is 0. The Balaban J connectivity index is 2.45. The molecule has 0 amide bonds. The number of guanidine groups is 1. The molecule has 3 heteroatoms. The number of nitrogens with two attached hydrogens (primary N) is 1. The van der Waals surface area contributed by atoms with E-state index in [4.69, 9.17) is 5.73 Å². The monoisotopic (exact) mass is 141 g/mol. The van der Waals surface area contributed by atoms with Crippen molar-refractivity contribution in [3.63, 3.8) is 0 Å². The van der Waals surface area contributed by atoms with Gasteiger partial charge in [0.2, 0.25) is 0 Å². The maximum Gasteiger partial charge on any atom is 0.190 e. The topological polar surface area (TPSA) is 41.6 Å². The van der Waals surface area contributed by atoms with Gasteiger partial charge in [-0.15, -0.1) is 0 Å². The third-order valence-electron chi connectivity index (χ3n) is 1.98. The molecular weight excluding hydrogens is 126 g/mol. The van der Waals surface area contributed by atoms with Crippen LogP contribution in [-0.4, -0.2) is 31.0 Å². The molecule has 1 aliphatic heterocycles. The predicted molar refractivity (Wildman–Crippen MR) is 42.9 cm³/mol. The van der Waals surface area contributed by atoms with E-state index in [2.05, 4.69) is 16.8 Å². The fourth-order valence-electron chi connectivity index (χ4n) is 1.28. The number of nitrogens with zero attached hydrogens (tertiary/aromatic N) is 2. The van der Waals surface area contributed by atoms with Crippen molar-refractivity contribution in [1.29, 1.82) is 0 Å². The Morgan fingerprint density at radius 3 is 2.80 bits per heavy atom. The first-order valence-corrected chi connectivity index (χ1v) is 3.71. The molecule has 1 saturated heterocycles. The Bertz CT molecular complexity index is 142. The number of hydrogen-bond donors (Lipinski definition) is 1. The summed E-state index contributed by atoms with van der Waals surface area (Å²) in [5.41, 5.74) is 5.62. The van der Waals surface area contributed by atoms with E-state index in [0.717, 1.165) is 19.0 Å². The minimum Gasteiger partial charge on any atom is -0.370 e. The predicted octanol–water partition coefficient (Wildman–Crippen LogP) is 0.273. The second-order valence-corrected chi connectivity index (χ2v) is 2.92. The molecule has 10 heavy (non-hydrogen) atoms. The van der Waals surface area contributed by atoms with Crippen molar-refractivity contribution in [1.82, 2.24) is 4.90 Å². The van der Waals surface area contributed by atoms with Gasteiger partial charge in [-0.25, -0.2) is 0 Å². The Morgan fingerprint density at radius 2 is 2.40 bits per heavy atom. The van der Waals surface area contributed by atoms with Gasteiger partial charge in [-0.3, -0.25) is 4.99 Å². The lowest BCUT2D eigenvalue weighted by molar-refractivity contribution is 0.488. The van der Waals surface area contributed by atoms with Gasteiger partial charge >= 0.3 is 0 Å². The molecular formula is C7H15N3. The zero-order valence-electron chi connectivity index (χ0n) is 6.67. The Morgan fingerprint density at radius 1 is 1.70 bits per heavy atom. The van der Waals surface area contributed by atoms with E-state index >= 15 is 0 Å². The van der Waals surface area contributed by atoms with Crippen LogP contribution in [-0.2, 0) is 0 Å². The lowest BCUT2D eigenvalue weighted by Gasteiger charge is -2.15. The molecule has 0 aromatic rings. The lowest BCUT2D eigenvalue weighted by atomic mass is 10.2. The van der Waals surface area contributed by atoms with Crippen LogP contribution in [0.25, 0.3) is 0 Å². The molecule has 0 bridgehead atoms. The van der Waals surface area contributed by atoms with Crippen molar-refractivity contribution in [3.05, 3.63) is 0 Å². The lowest BCUT2D eigenvalue weighted by Crippen LogP contribution is -2.35. The van der Waals surface area contributed by atoms with Crippen LogP contribution in [0.3, 0.4) is 0 Å². The van der Waals surface area contributed by atoms with E-state index in [9.17, 15) is 0 Å². The average molecular weight is 141 g/mol. The smallest absolute Gasteiger partial charge is 0.190 e. The summed E-state index contributed by atoms with van der Waals surface area (Å²) in [5, 5.41) is 0. The highest BCUT2D eigenvalue weighted by atomic mass is 15.3. The maximum absolute atomic E-state index is 5.62. The zero-order chi connectivity index (χ0) is 7.56. The Kier molecular flexibility index (Phi) is 2.14. The van der Waals surface area contributed by atoms with Crippen LogP contribution in [0.2, 0.25) is 0 Å². The van der Waals surface area contributed by atoms with Crippen LogP contribution in [0, 0.1) is 5.92 Å². The summed E-state index contributed by atoms with van der Waals surface area (Å²) >= 11 is 0. The first-order valence-electron chi connectivity index (χ1n) is 3.71. The summed E-state index contributed by atoms with van der Waals surface area (Å²) in [4.78, 5) is 6.05. The molecule has 1 unspecified atom stereocenters. The first-order chi connectivity index (χ1) is 4.74. The number of hydrogen-bond acceptors (Lipinski definition) is 1. The molecule has 0 aromatic carbocycles. The van der Waals surface area contributed by atoms with Gasteiger partial charge in [-0.1, -0.05) is 6.92 Å². The molecule has 1 rings (SSSR count). The molecule has 1 atom stereocenters. The fraction of sp³-hybridized carbons (Fsp3) is 0.857. The molecule has 3 nitrogen and oxygen atoms in total. The van der Waals surface area contributed by atoms with Gasteiger partial charge in [0.25, 0.3) is 0 Å². The summed E-state index contributed by atoms with van der Waals surface area (Å²) in [6, 6.07) is 0. The number of aliphatic imine (C=N–C) groups is 1. The SMILES string of the molecule is CN=C(N)N1CCC(C)C1. The highest BCUT2D eigenvalue weighted by Gasteiger charge is 2.19. The molecule has 0 aliphatic carbocycles. The largest absolute Gasteiger partial charge is 0.370 e. The van der Waals surface area contributed by atoms with Gasteiger partial charge in [0, 0.05) is 20.1 Å². The van der Waals surface area contributed by atoms with E-state index in [-0.39, 0.29) is 0 Å². The van der Waals surface area contributed by atoms with Crippen LogP contribution >= 0.6 is 0 Å². The second-order valence-electron chi connectivity index (χ2n) is 2.92. The van der Waals surface area contributed by atoms with Gasteiger partial charge in [0.05, 0.1) is 0 Å². The quantitative estimate of drug-likeness (QED) is 0.388. The maximum atomic E-state index is 5.62. The third kappa shape index (κ3) is 1.40. The first kappa shape index (κ1) is 7.38. The van der Waals surface area contributed by atoms with Crippen LogP contribution in [0.5, 0.6) is 0 Å². The third-order valence-corrected chi connectivity index (χ3v) is 1.98. The summed E-state index contributed by atoms with van der Waals surface area (Å²) in [7, 11) is 1.73. The van der Waals surface area contributed by atoms with Crippen molar-refractivity contribution in [2.45, 2.75) is 13.3 Å². The summed E-state index contributed by atoms with van der Waals surface area (Å²) in [6.07, 6.45) is 1.25. The van der Waals surface area contributed by atoms with E-state index in [0.29, 0.717) is 5.96 Å². The highest BCUT2D eigenvalue weighted by molar-refractivity contribution is 5.78. The van der Waals surface area contributed by atoms with Gasteiger partial charge in [0.1, 0.15) is 0 Å². The van der Waals surface area contributed by atoms with Gasteiger partial charge in [0.15, 0.2) is 5.96 Å². The molecule has 0 spiro atoms. The Labute approximate surface area is 61.9 Å². The molecule has 1 heterocycles. The van der Waals surface area contributed by atoms with Crippen molar-refractivity contribution < 1.29 is 0 Å². The van der Waals surface area contributed by atoms with Crippen molar-refractivity contribution in [3.8, 4) is 0 Å². The van der Waals surface area contributed by atoms with Gasteiger partial charge in [-0.2, -0.15) is 0 Å². The normalized spacial score (nSPS) is 27.6. The van der Waals surface area contributed by atoms with Crippen LogP contribution in [0.4, 0.5) is 0 Å². The summed E-state index contributed by atoms with van der Waals surface area (Å²) in [6.45, 7) is 4.39. The number of likely N-dealkylation sites (tertiary alicyclic amines) is 1. The minimum atomic E-state index is 0.685. The minimum absolute atomic E-state index is 0.685. The van der Waals surface area contributed by atoms with Gasteiger partial charge in [-0.05, 0) is 12.3 Å². The summed E-state index contributed by atoms with van der Waals surface area (Å²) in [5.74, 6) is 1.46. The molecule has 2 N–H and O–H groups in total. The van der Waals surface area contributed by atoms with Crippen molar-refractivity contribution in [2.24, 2.45) is 16.6 Å². The van der Waals surface area contributed by atoms with Crippen LogP contribution < -0.4 is 5.73 Å². The van der Waals surface area contributed by atoms with Crippen LogP contribution in [0.15, 0.2) is 4.99 Å². The molecule has 0 aromatic heterocycles. The van der Waals surface area contributed by atoms with Crippen LogP contribution in [0.1, 0.15) is 13.3 Å². The zero-order valence-corrected chi connectivity index (χ0v) is 6.67. The highest BCUT2D eigenvalue weighted by Crippen LogP contribution is 2.13. The molecule has 58 valence electrons. The average Bonchev–Trinajstić information content (AvgIpc) is 2.34. The van der Waals surface area contributed by atoms with E-state index in [1.807, 2.05) is 0 Å². The number of rotatable bonds is 0. The molecule has 1 fully saturated rings. The molecule has 0 saturated carbocycles. The van der Waals surface area contributed by atoms with E-state index in [1.165, 1.54) is 6.42 Å². The van der Waals surface area contributed by atoms with Crippen molar-refractivity contribution in [2.75, 3.05) is 20.1 Å². The second kappa shape index (κ2) is 2.90. The van der Waals surface area contributed by atoms with E-state index in [1.54, 1.807) is 7.05 Å². The molecule has 0 radical (unpaired) electrons. The van der Waals surface area contributed by atoms with Gasteiger partial charge < -0.3 is 10.6 Å².